The SMILES string of the molecule is CC[C@@H](C)N=CC1C(=O)NC(=S)NC1=O. The quantitative estimate of drug-likeness (QED) is 0.405. The summed E-state index contributed by atoms with van der Waals surface area (Å²) in [6, 6.07) is 0.111. The van der Waals surface area contributed by atoms with E-state index in [1.807, 2.05) is 13.8 Å². The third-order valence-electron chi connectivity index (χ3n) is 2.12. The van der Waals surface area contributed by atoms with Crippen LogP contribution in [-0.4, -0.2) is 29.2 Å². The molecule has 0 aromatic rings. The molecule has 0 aliphatic carbocycles. The molecule has 2 amide bonds. The van der Waals surface area contributed by atoms with Crippen molar-refractivity contribution in [1.82, 2.24) is 10.6 Å². The van der Waals surface area contributed by atoms with Gasteiger partial charge in [0.05, 0.1) is 0 Å². The first-order valence-corrected chi connectivity index (χ1v) is 5.14. The summed E-state index contributed by atoms with van der Waals surface area (Å²) >= 11 is 4.66. The van der Waals surface area contributed by atoms with Crippen molar-refractivity contribution in [2.24, 2.45) is 10.9 Å². The average molecular weight is 227 g/mol. The number of carbonyl (C=O) groups excluding carboxylic acids is 2. The summed E-state index contributed by atoms with van der Waals surface area (Å²) < 4.78 is 0. The van der Waals surface area contributed by atoms with Gasteiger partial charge < -0.3 is 10.6 Å². The average Bonchev–Trinajstić information content (AvgIpc) is 2.15. The van der Waals surface area contributed by atoms with Crippen molar-refractivity contribution >= 4 is 35.4 Å². The maximum absolute atomic E-state index is 11.4. The topological polar surface area (TPSA) is 70.6 Å². The predicted octanol–water partition coefficient (Wildman–Crippen LogP) is 0.00280. The lowest BCUT2D eigenvalue weighted by Crippen LogP contribution is -2.56. The van der Waals surface area contributed by atoms with Crippen LogP contribution in [0.4, 0.5) is 0 Å². The number of aliphatic imine (C=N–C) groups is 1. The molecule has 1 atom stereocenters. The highest BCUT2D eigenvalue weighted by atomic mass is 32.1. The number of amides is 2. The molecule has 2 N–H and O–H groups in total. The summed E-state index contributed by atoms with van der Waals surface area (Å²) in [5, 5.41) is 4.80. The minimum Gasteiger partial charge on any atom is -0.302 e. The zero-order chi connectivity index (χ0) is 11.4. The molecule has 1 rings (SSSR count). The van der Waals surface area contributed by atoms with E-state index in [1.165, 1.54) is 6.21 Å². The van der Waals surface area contributed by atoms with Crippen LogP contribution >= 0.6 is 12.2 Å². The van der Waals surface area contributed by atoms with Crippen LogP contribution in [0.2, 0.25) is 0 Å². The van der Waals surface area contributed by atoms with Crippen LogP contribution < -0.4 is 10.6 Å². The molecule has 1 aliphatic heterocycles. The molecular formula is C9H13N3O2S. The summed E-state index contributed by atoms with van der Waals surface area (Å²) in [7, 11) is 0. The molecule has 15 heavy (non-hydrogen) atoms. The van der Waals surface area contributed by atoms with Crippen molar-refractivity contribution in [3.05, 3.63) is 0 Å². The Kier molecular flexibility index (Phi) is 3.90. The van der Waals surface area contributed by atoms with Gasteiger partial charge in [-0.05, 0) is 25.6 Å². The van der Waals surface area contributed by atoms with Crippen LogP contribution in [-0.2, 0) is 9.59 Å². The van der Waals surface area contributed by atoms with Crippen molar-refractivity contribution in [3.8, 4) is 0 Å². The van der Waals surface area contributed by atoms with Gasteiger partial charge in [0.15, 0.2) is 11.0 Å². The summed E-state index contributed by atoms with van der Waals surface area (Å²) in [5.41, 5.74) is 0. The number of thiocarbonyl (C=S) groups is 1. The first kappa shape index (κ1) is 11.8. The zero-order valence-corrected chi connectivity index (χ0v) is 9.43. The van der Waals surface area contributed by atoms with Gasteiger partial charge >= 0.3 is 0 Å². The van der Waals surface area contributed by atoms with E-state index >= 15 is 0 Å². The van der Waals surface area contributed by atoms with Gasteiger partial charge in [-0.2, -0.15) is 0 Å². The second-order valence-corrected chi connectivity index (χ2v) is 3.75. The standard InChI is InChI=1S/C9H13N3O2S/c1-3-5(2)10-4-6-7(13)11-9(15)12-8(6)14/h4-6H,3H2,1-2H3,(H2,11,12,13,14,15)/t5-/m1/s1. The maximum atomic E-state index is 11.4. The minimum atomic E-state index is -0.870. The Morgan fingerprint density at radius 3 is 2.47 bits per heavy atom. The van der Waals surface area contributed by atoms with Crippen molar-refractivity contribution < 1.29 is 9.59 Å². The molecule has 0 spiro atoms. The molecule has 0 radical (unpaired) electrons. The van der Waals surface area contributed by atoms with Gasteiger partial charge in [0.25, 0.3) is 0 Å². The molecule has 0 bridgehead atoms. The monoisotopic (exact) mass is 227 g/mol. The second kappa shape index (κ2) is 4.97. The lowest BCUT2D eigenvalue weighted by molar-refractivity contribution is -0.131. The smallest absolute Gasteiger partial charge is 0.244 e. The molecule has 0 aromatic heterocycles. The Balaban J connectivity index is 2.68. The van der Waals surface area contributed by atoms with E-state index in [1.54, 1.807) is 0 Å². The number of hydrogen-bond acceptors (Lipinski definition) is 4. The Bertz CT molecular complexity index is 307. The maximum Gasteiger partial charge on any atom is 0.244 e. The molecule has 1 fully saturated rings. The highest BCUT2D eigenvalue weighted by Crippen LogP contribution is 2.01. The number of rotatable bonds is 3. The number of nitrogens with zero attached hydrogens (tertiary/aromatic N) is 1. The number of carbonyl (C=O) groups is 2. The predicted molar refractivity (Wildman–Crippen MR) is 60.6 cm³/mol. The molecule has 0 saturated carbocycles. The number of nitrogens with one attached hydrogen (secondary N) is 2. The molecule has 6 heteroatoms. The van der Waals surface area contributed by atoms with Crippen LogP contribution in [0.3, 0.4) is 0 Å². The van der Waals surface area contributed by atoms with Crippen LogP contribution in [0, 0.1) is 5.92 Å². The molecule has 1 saturated heterocycles. The van der Waals surface area contributed by atoms with E-state index in [0.29, 0.717) is 0 Å². The molecule has 5 nitrogen and oxygen atoms in total. The summed E-state index contributed by atoms with van der Waals surface area (Å²) in [5.74, 6) is -1.71. The Morgan fingerprint density at radius 2 is 2.00 bits per heavy atom. The van der Waals surface area contributed by atoms with E-state index in [4.69, 9.17) is 0 Å². The fraction of sp³-hybridized carbons (Fsp3) is 0.556. The molecule has 1 heterocycles. The summed E-state index contributed by atoms with van der Waals surface area (Å²) in [6.07, 6.45) is 2.24. The lowest BCUT2D eigenvalue weighted by Gasteiger charge is -2.19. The van der Waals surface area contributed by atoms with Gasteiger partial charge in [-0.15, -0.1) is 0 Å². The zero-order valence-electron chi connectivity index (χ0n) is 8.61. The number of hydrogen-bond donors (Lipinski definition) is 2. The van der Waals surface area contributed by atoms with Gasteiger partial charge in [0.2, 0.25) is 11.8 Å². The van der Waals surface area contributed by atoms with Crippen LogP contribution in [0.1, 0.15) is 20.3 Å². The van der Waals surface area contributed by atoms with Crippen LogP contribution in [0.25, 0.3) is 0 Å². The van der Waals surface area contributed by atoms with Crippen molar-refractivity contribution in [3.63, 3.8) is 0 Å². The van der Waals surface area contributed by atoms with Crippen molar-refractivity contribution in [2.45, 2.75) is 26.3 Å². The van der Waals surface area contributed by atoms with E-state index in [0.717, 1.165) is 6.42 Å². The second-order valence-electron chi connectivity index (χ2n) is 3.34. The van der Waals surface area contributed by atoms with E-state index in [9.17, 15) is 9.59 Å². The fourth-order valence-corrected chi connectivity index (χ4v) is 1.20. The molecule has 1 aliphatic rings. The third kappa shape index (κ3) is 3.09. The lowest BCUT2D eigenvalue weighted by atomic mass is 10.1. The van der Waals surface area contributed by atoms with Gasteiger partial charge in [0.1, 0.15) is 0 Å². The largest absolute Gasteiger partial charge is 0.302 e. The Labute approximate surface area is 93.3 Å². The van der Waals surface area contributed by atoms with Crippen molar-refractivity contribution in [2.75, 3.05) is 0 Å². The van der Waals surface area contributed by atoms with Crippen LogP contribution in [0.5, 0.6) is 0 Å². The first-order chi connectivity index (χ1) is 7.04. The molecule has 82 valence electrons. The van der Waals surface area contributed by atoms with Crippen LogP contribution in [0.15, 0.2) is 4.99 Å². The third-order valence-corrected chi connectivity index (χ3v) is 2.32. The van der Waals surface area contributed by atoms with Crippen molar-refractivity contribution in [1.29, 1.82) is 0 Å². The Hall–Kier alpha value is -1.30. The van der Waals surface area contributed by atoms with Gasteiger partial charge in [-0.25, -0.2) is 0 Å². The van der Waals surface area contributed by atoms with E-state index in [-0.39, 0.29) is 11.2 Å². The molecule has 0 unspecified atom stereocenters. The van der Waals surface area contributed by atoms with Gasteiger partial charge in [-0.3, -0.25) is 14.6 Å². The van der Waals surface area contributed by atoms with Gasteiger partial charge in [-0.1, -0.05) is 6.92 Å². The first-order valence-electron chi connectivity index (χ1n) is 4.73. The highest BCUT2D eigenvalue weighted by Gasteiger charge is 2.30. The molecular weight excluding hydrogens is 214 g/mol. The minimum absolute atomic E-state index is 0.0539. The normalized spacial score (nSPS) is 20.3. The molecule has 0 aromatic carbocycles. The summed E-state index contributed by atoms with van der Waals surface area (Å²) in [4.78, 5) is 26.8. The van der Waals surface area contributed by atoms with E-state index in [2.05, 4.69) is 27.8 Å². The summed E-state index contributed by atoms with van der Waals surface area (Å²) in [6.45, 7) is 3.90. The highest BCUT2D eigenvalue weighted by molar-refractivity contribution is 7.80. The van der Waals surface area contributed by atoms with E-state index < -0.39 is 17.7 Å². The fourth-order valence-electron chi connectivity index (χ4n) is 1.00. The Morgan fingerprint density at radius 1 is 1.47 bits per heavy atom. The van der Waals surface area contributed by atoms with Gasteiger partial charge in [0, 0.05) is 12.3 Å².